The summed E-state index contributed by atoms with van der Waals surface area (Å²) in [7, 11) is 0. The number of rotatable bonds is 13. The number of hydrogen-bond donors (Lipinski definition) is 0. The van der Waals surface area contributed by atoms with E-state index in [9.17, 15) is 0 Å². The number of thiophene rings is 3. The quantitative estimate of drug-likeness (QED) is 0.0995. The van der Waals surface area contributed by atoms with Gasteiger partial charge in [0.05, 0.1) is 81.4 Å². The Morgan fingerprint density at radius 2 is 0.472 bits per heavy atom. The third kappa shape index (κ3) is 15.6. The molecule has 0 spiro atoms. The SMILES string of the molecule is c1ccc(-c2nc(-c3ccc(-c4nc(-c5ccc6c(c5)oc5ccccc56)nc5ccccc45)cc3)nc3c2sc2ccccc23)cc1.c1ccc(-c2nc(-c3ccc(-c4nc(-c5ccc6c(ccc7ccccc76)c5)nc5ccccc45)cc3)nc3c2sc2ccccc23)cc1.c1ccc(-c2nc(-c3ccc(-c4nc(-c5cccc(-c6cccnc6)c5)nc5ccccc45)cc3)nc3c2sc2ccccc23)cc1. The summed E-state index contributed by atoms with van der Waals surface area (Å²) in [6, 6.07) is 152. The van der Waals surface area contributed by atoms with Gasteiger partial charge in [0.2, 0.25) is 0 Å². The highest BCUT2D eigenvalue weighted by Gasteiger charge is 2.25. The first kappa shape index (κ1) is 84.6. The smallest absolute Gasteiger partial charge is 0.160 e. The third-order valence-corrected chi connectivity index (χ3v) is 30.1. The fraction of sp³-hybridized carbons (Fsp3) is 0. The summed E-state index contributed by atoms with van der Waals surface area (Å²) in [6.07, 6.45) is 3.66. The van der Waals surface area contributed by atoms with Crippen molar-refractivity contribution in [3.05, 3.63) is 455 Å². The third-order valence-electron chi connectivity index (χ3n) is 26.6. The van der Waals surface area contributed by atoms with Crippen LogP contribution in [0.3, 0.4) is 0 Å². The lowest BCUT2D eigenvalue weighted by Gasteiger charge is -2.11. The first-order valence-electron chi connectivity index (χ1n) is 47.5. The van der Waals surface area contributed by atoms with Crippen LogP contribution in [0.15, 0.2) is 460 Å². The standard InChI is InChI=1S/C44H26N4S.C42H24N4OS.C41H25N5S/c1-2-11-28(12-3-1)40-42-41(36-15-7-9-17-38(36)49-42)48-43(47-40)30-21-19-29(20-22-30)39-35-14-6-8-16-37(35)45-44(46-39)32-24-25-34-31(26-32)23-18-27-10-4-5-13-33(27)34;1-2-10-25(11-3-1)38-40-39(32-14-6-9-17-36(32)48-40)46-41(45-38)27-20-18-26(19-21-27)37-31-13-4-7-15-33(31)43-42(44-37)28-22-23-30-29-12-5-8-16-34(29)47-35(30)24-28;1-2-10-26(11-3-1)37-39-38(33-16-5-7-18-35(33)47-39)46-40(45-37)28-21-19-27(20-22-28)36-32-15-4-6-17-34(32)43-41(44-36)30-13-8-12-29(24-30)31-14-9-23-42-25-31/h1-26H;1-24H;1-25H. The number of nitrogens with zero attached hydrogens (tertiary/aromatic N) is 13. The lowest BCUT2D eigenvalue weighted by Crippen LogP contribution is -1.96. The Morgan fingerprint density at radius 1 is 0.167 bits per heavy atom. The number of aromatic nitrogens is 13. The van der Waals surface area contributed by atoms with Gasteiger partial charge in [-0.3, -0.25) is 4.98 Å². The maximum absolute atomic E-state index is 6.19. The summed E-state index contributed by atoms with van der Waals surface area (Å²) in [5, 5.41) is 13.5. The van der Waals surface area contributed by atoms with E-state index in [1.54, 1.807) is 40.2 Å². The molecule has 0 N–H and O–H groups in total. The molecule has 0 radical (unpaired) electrons. The van der Waals surface area contributed by atoms with Crippen molar-refractivity contribution in [1.29, 1.82) is 0 Å². The predicted octanol–water partition coefficient (Wildman–Crippen LogP) is 33.6. The Morgan fingerprint density at radius 3 is 0.917 bits per heavy atom. The van der Waals surface area contributed by atoms with E-state index in [1.807, 2.05) is 109 Å². The van der Waals surface area contributed by atoms with E-state index in [-0.39, 0.29) is 0 Å². The summed E-state index contributed by atoms with van der Waals surface area (Å²) in [5.41, 5.74) is 26.9. The monoisotopic (exact) mass is 1890 g/mol. The number of fused-ring (bicyclic) bond motifs is 18. The van der Waals surface area contributed by atoms with E-state index in [2.05, 4.69) is 345 Å². The lowest BCUT2D eigenvalue weighted by molar-refractivity contribution is 0.669. The summed E-state index contributed by atoms with van der Waals surface area (Å²) >= 11 is 5.24. The molecule has 672 valence electrons. The average molecular weight is 1900 g/mol. The van der Waals surface area contributed by atoms with Crippen molar-refractivity contribution < 1.29 is 4.42 Å². The molecular formula is C127H75N13OS3. The highest BCUT2D eigenvalue weighted by Crippen LogP contribution is 2.47. The molecule has 11 heterocycles. The molecule has 0 saturated carbocycles. The van der Waals surface area contributed by atoms with Crippen LogP contribution in [0.25, 0.3) is 284 Å². The number of benzene rings is 18. The zero-order chi connectivity index (χ0) is 95.1. The van der Waals surface area contributed by atoms with Crippen molar-refractivity contribution in [2.75, 3.05) is 0 Å². The van der Waals surface area contributed by atoms with Crippen LogP contribution >= 0.6 is 34.0 Å². The van der Waals surface area contributed by atoms with Gasteiger partial charge in [-0.05, 0) is 99.9 Å². The molecule has 29 aromatic rings. The second-order valence-electron chi connectivity index (χ2n) is 35.4. The Labute approximate surface area is 836 Å². The second-order valence-corrected chi connectivity index (χ2v) is 38.6. The van der Waals surface area contributed by atoms with Crippen molar-refractivity contribution >= 4 is 171 Å². The molecule has 144 heavy (non-hydrogen) atoms. The zero-order valence-electron chi connectivity index (χ0n) is 76.7. The van der Waals surface area contributed by atoms with Crippen LogP contribution in [-0.2, 0) is 0 Å². The summed E-state index contributed by atoms with van der Waals surface area (Å²) in [6.45, 7) is 0. The van der Waals surface area contributed by atoms with Gasteiger partial charge in [0.1, 0.15) is 11.2 Å². The number of para-hydroxylation sites is 4. The van der Waals surface area contributed by atoms with Crippen LogP contribution in [0.2, 0.25) is 0 Å². The molecule has 0 fully saturated rings. The lowest BCUT2D eigenvalue weighted by atomic mass is 9.99. The molecule has 0 bridgehead atoms. The van der Waals surface area contributed by atoms with Gasteiger partial charge in [0, 0.05) is 142 Å². The van der Waals surface area contributed by atoms with Gasteiger partial charge in [0.25, 0.3) is 0 Å². The minimum Gasteiger partial charge on any atom is -0.456 e. The van der Waals surface area contributed by atoms with Gasteiger partial charge in [-0.1, -0.05) is 370 Å². The summed E-state index contributed by atoms with van der Waals surface area (Å²) in [5.74, 6) is 4.15. The molecule has 0 aliphatic heterocycles. The normalized spacial score (nSPS) is 11.6. The van der Waals surface area contributed by atoms with Crippen LogP contribution in [0.5, 0.6) is 0 Å². The Hall–Kier alpha value is -18.7. The van der Waals surface area contributed by atoms with Crippen molar-refractivity contribution in [2.45, 2.75) is 0 Å². The molecule has 29 rings (SSSR count). The topological polar surface area (TPSA) is 181 Å². The molecular weight excluding hydrogens is 1820 g/mol. The first-order chi connectivity index (χ1) is 71.3. The minimum absolute atomic E-state index is 0.653. The van der Waals surface area contributed by atoms with Gasteiger partial charge in [-0.2, -0.15) is 0 Å². The van der Waals surface area contributed by atoms with Crippen LogP contribution in [0.1, 0.15) is 0 Å². The fourth-order valence-corrected chi connectivity index (χ4v) is 23.0. The van der Waals surface area contributed by atoms with Crippen LogP contribution in [0, 0.1) is 0 Å². The molecule has 0 unspecified atom stereocenters. The largest absolute Gasteiger partial charge is 0.456 e. The highest BCUT2D eigenvalue weighted by molar-refractivity contribution is 7.27. The summed E-state index contributed by atoms with van der Waals surface area (Å²) in [4.78, 5) is 65.6. The van der Waals surface area contributed by atoms with Gasteiger partial charge in [-0.15, -0.1) is 34.0 Å². The molecule has 18 aromatic carbocycles. The second kappa shape index (κ2) is 36.0. The Balaban J connectivity index is 0.000000108. The predicted molar refractivity (Wildman–Crippen MR) is 595 cm³/mol. The molecule has 11 aromatic heterocycles. The van der Waals surface area contributed by atoms with Gasteiger partial charge in [-0.25, -0.2) is 59.8 Å². The molecule has 0 aliphatic rings. The minimum atomic E-state index is 0.653. The number of furan rings is 1. The van der Waals surface area contributed by atoms with Crippen LogP contribution < -0.4 is 0 Å². The van der Waals surface area contributed by atoms with E-state index < -0.39 is 0 Å². The number of hydrogen-bond acceptors (Lipinski definition) is 17. The fourth-order valence-electron chi connectivity index (χ4n) is 19.5. The van der Waals surface area contributed by atoms with Crippen molar-refractivity contribution in [2.24, 2.45) is 0 Å². The van der Waals surface area contributed by atoms with E-state index in [0.717, 1.165) is 214 Å². The first-order valence-corrected chi connectivity index (χ1v) is 50.0. The molecule has 0 amide bonds. The van der Waals surface area contributed by atoms with E-state index >= 15 is 0 Å². The van der Waals surface area contributed by atoms with E-state index in [4.69, 9.17) is 64.2 Å². The molecule has 14 nitrogen and oxygen atoms in total. The van der Waals surface area contributed by atoms with Crippen molar-refractivity contribution in [3.63, 3.8) is 0 Å². The van der Waals surface area contributed by atoms with E-state index in [0.29, 0.717) is 34.9 Å². The van der Waals surface area contributed by atoms with Gasteiger partial charge < -0.3 is 4.42 Å². The Kier molecular flexibility index (Phi) is 21.1. The van der Waals surface area contributed by atoms with Crippen LogP contribution in [-0.4, -0.2) is 64.8 Å². The zero-order valence-corrected chi connectivity index (χ0v) is 79.2. The highest BCUT2D eigenvalue weighted by atomic mass is 32.1. The van der Waals surface area contributed by atoms with Crippen molar-refractivity contribution in [3.8, 4) is 147 Å². The van der Waals surface area contributed by atoms with E-state index in [1.165, 1.54) is 35.6 Å². The van der Waals surface area contributed by atoms with Gasteiger partial charge >= 0.3 is 0 Å². The van der Waals surface area contributed by atoms with Crippen molar-refractivity contribution in [1.82, 2.24) is 64.8 Å². The molecule has 0 saturated heterocycles. The maximum atomic E-state index is 6.19. The summed E-state index contributed by atoms with van der Waals surface area (Å²) < 4.78 is 13.1. The molecule has 0 aliphatic carbocycles. The van der Waals surface area contributed by atoms with Gasteiger partial charge in [0.15, 0.2) is 34.9 Å². The number of pyridine rings is 1. The Bertz CT molecular complexity index is 10100. The molecule has 0 atom stereocenters. The molecule has 17 heteroatoms. The maximum Gasteiger partial charge on any atom is 0.160 e. The van der Waals surface area contributed by atoms with Crippen LogP contribution in [0.4, 0.5) is 0 Å². The average Bonchev–Trinajstić information content (AvgIpc) is 1.51.